The molecule has 0 aliphatic carbocycles. The Labute approximate surface area is 165 Å². The van der Waals surface area contributed by atoms with Gasteiger partial charge >= 0.3 is 0 Å². The number of carbonyl (C=O) groups is 1. The molecule has 0 atom stereocenters. The van der Waals surface area contributed by atoms with Gasteiger partial charge < -0.3 is 10.2 Å². The molecule has 0 unspecified atom stereocenters. The van der Waals surface area contributed by atoms with E-state index in [0.717, 1.165) is 59.5 Å². The standard InChI is InChI=1S/C22H27N5O/c1-14-21(15(2)27(4)25-14)20-13-18(17-7-5-6-8-19(17)24-20)22(28)23-16-9-11-26(3)12-10-16/h5-8,13,16H,9-12H2,1-4H3,(H,23,28). The number of aryl methyl sites for hydroxylation is 2. The van der Waals surface area contributed by atoms with E-state index in [9.17, 15) is 4.79 Å². The molecule has 1 aliphatic heterocycles. The maximum Gasteiger partial charge on any atom is 0.252 e. The van der Waals surface area contributed by atoms with Crippen LogP contribution in [0.5, 0.6) is 0 Å². The van der Waals surface area contributed by atoms with Gasteiger partial charge in [-0.05, 0) is 59.0 Å². The first-order valence-corrected chi connectivity index (χ1v) is 9.84. The summed E-state index contributed by atoms with van der Waals surface area (Å²) in [6, 6.07) is 9.99. The van der Waals surface area contributed by atoms with Gasteiger partial charge in [0.15, 0.2) is 0 Å². The highest BCUT2D eigenvalue weighted by Crippen LogP contribution is 2.29. The number of carbonyl (C=O) groups excluding carboxylic acids is 1. The molecule has 28 heavy (non-hydrogen) atoms. The van der Waals surface area contributed by atoms with E-state index >= 15 is 0 Å². The van der Waals surface area contributed by atoms with Crippen LogP contribution in [0.4, 0.5) is 0 Å². The summed E-state index contributed by atoms with van der Waals surface area (Å²) in [5.74, 6) is -0.0198. The predicted molar refractivity (Wildman–Crippen MR) is 111 cm³/mol. The summed E-state index contributed by atoms with van der Waals surface area (Å²) in [7, 11) is 4.06. The fraction of sp³-hybridized carbons (Fsp3) is 0.409. The van der Waals surface area contributed by atoms with E-state index < -0.39 is 0 Å². The number of nitrogens with zero attached hydrogens (tertiary/aromatic N) is 4. The quantitative estimate of drug-likeness (QED) is 0.762. The van der Waals surface area contributed by atoms with E-state index in [4.69, 9.17) is 4.98 Å². The SMILES string of the molecule is Cc1nn(C)c(C)c1-c1cc(C(=O)NC2CCN(C)CC2)c2ccccc2n1. The molecule has 146 valence electrons. The van der Waals surface area contributed by atoms with Crippen molar-refractivity contribution in [1.29, 1.82) is 0 Å². The molecule has 3 heterocycles. The van der Waals surface area contributed by atoms with Gasteiger partial charge in [-0.25, -0.2) is 4.98 Å². The van der Waals surface area contributed by atoms with Crippen molar-refractivity contribution in [3.8, 4) is 11.3 Å². The fourth-order valence-corrected chi connectivity index (χ4v) is 4.05. The van der Waals surface area contributed by atoms with Gasteiger partial charge in [0.25, 0.3) is 5.91 Å². The van der Waals surface area contributed by atoms with Gasteiger partial charge in [-0.15, -0.1) is 0 Å². The Hall–Kier alpha value is -2.73. The van der Waals surface area contributed by atoms with Gasteiger partial charge in [0.05, 0.1) is 22.5 Å². The van der Waals surface area contributed by atoms with Crippen molar-refractivity contribution in [2.45, 2.75) is 32.7 Å². The maximum absolute atomic E-state index is 13.2. The minimum atomic E-state index is -0.0198. The lowest BCUT2D eigenvalue weighted by molar-refractivity contribution is 0.0918. The average molecular weight is 377 g/mol. The van der Waals surface area contributed by atoms with E-state index in [1.54, 1.807) is 0 Å². The zero-order valence-electron chi connectivity index (χ0n) is 17.0. The molecule has 0 radical (unpaired) electrons. The third kappa shape index (κ3) is 3.40. The molecule has 1 aliphatic rings. The number of likely N-dealkylation sites (tertiary alicyclic amines) is 1. The van der Waals surface area contributed by atoms with Gasteiger partial charge in [0.1, 0.15) is 0 Å². The van der Waals surface area contributed by atoms with Crippen molar-refractivity contribution >= 4 is 16.8 Å². The smallest absolute Gasteiger partial charge is 0.252 e. The van der Waals surface area contributed by atoms with E-state index in [0.29, 0.717) is 5.56 Å². The number of rotatable bonds is 3. The molecule has 4 rings (SSSR count). The van der Waals surface area contributed by atoms with Crippen LogP contribution in [0.1, 0.15) is 34.6 Å². The lowest BCUT2D eigenvalue weighted by Gasteiger charge is -2.29. The van der Waals surface area contributed by atoms with Crippen molar-refractivity contribution < 1.29 is 4.79 Å². The second-order valence-electron chi connectivity index (χ2n) is 7.79. The Morgan fingerprint density at radius 3 is 2.54 bits per heavy atom. The number of hydrogen-bond donors (Lipinski definition) is 1. The van der Waals surface area contributed by atoms with E-state index in [2.05, 4.69) is 22.4 Å². The Morgan fingerprint density at radius 1 is 1.14 bits per heavy atom. The van der Waals surface area contributed by atoms with Gasteiger partial charge in [0, 0.05) is 29.7 Å². The molecule has 1 aromatic carbocycles. The molecule has 6 nitrogen and oxygen atoms in total. The van der Waals surface area contributed by atoms with Gasteiger partial charge in [-0.2, -0.15) is 5.10 Å². The van der Waals surface area contributed by atoms with E-state index in [1.807, 2.05) is 55.9 Å². The lowest BCUT2D eigenvalue weighted by Crippen LogP contribution is -2.43. The van der Waals surface area contributed by atoms with Crippen molar-refractivity contribution in [2.24, 2.45) is 7.05 Å². The highest BCUT2D eigenvalue weighted by molar-refractivity contribution is 6.07. The Kier molecular flexibility index (Phi) is 4.89. The first kappa shape index (κ1) is 18.6. The van der Waals surface area contributed by atoms with Crippen LogP contribution in [-0.2, 0) is 7.05 Å². The third-order valence-corrected chi connectivity index (χ3v) is 5.78. The second kappa shape index (κ2) is 7.36. The van der Waals surface area contributed by atoms with Crippen LogP contribution in [0.25, 0.3) is 22.2 Å². The molecule has 1 fully saturated rings. The molecule has 0 saturated carbocycles. The number of piperidine rings is 1. The largest absolute Gasteiger partial charge is 0.349 e. The Morgan fingerprint density at radius 2 is 1.86 bits per heavy atom. The molecule has 6 heteroatoms. The van der Waals surface area contributed by atoms with Crippen molar-refractivity contribution in [1.82, 2.24) is 25.0 Å². The van der Waals surface area contributed by atoms with Crippen LogP contribution in [0.3, 0.4) is 0 Å². The van der Waals surface area contributed by atoms with Crippen LogP contribution in [-0.4, -0.2) is 51.8 Å². The predicted octanol–water partition coefficient (Wildman–Crippen LogP) is 3.08. The highest BCUT2D eigenvalue weighted by atomic mass is 16.1. The summed E-state index contributed by atoms with van der Waals surface area (Å²) in [6.07, 6.45) is 1.97. The van der Waals surface area contributed by atoms with Crippen molar-refractivity contribution in [3.63, 3.8) is 0 Å². The van der Waals surface area contributed by atoms with Gasteiger partial charge in [-0.3, -0.25) is 9.48 Å². The number of para-hydroxylation sites is 1. The molecule has 3 aromatic rings. The molecular formula is C22H27N5O. The monoisotopic (exact) mass is 377 g/mol. The molecule has 0 bridgehead atoms. The van der Waals surface area contributed by atoms with Crippen molar-refractivity contribution in [3.05, 3.63) is 47.3 Å². The second-order valence-corrected chi connectivity index (χ2v) is 7.79. The van der Waals surface area contributed by atoms with Crippen LogP contribution < -0.4 is 5.32 Å². The zero-order valence-corrected chi connectivity index (χ0v) is 17.0. The summed E-state index contributed by atoms with van der Waals surface area (Å²) >= 11 is 0. The van der Waals surface area contributed by atoms with Crippen LogP contribution >= 0.6 is 0 Å². The zero-order chi connectivity index (χ0) is 19.8. The first-order chi connectivity index (χ1) is 13.4. The number of fused-ring (bicyclic) bond motifs is 1. The first-order valence-electron chi connectivity index (χ1n) is 9.84. The van der Waals surface area contributed by atoms with Crippen LogP contribution in [0.15, 0.2) is 30.3 Å². The van der Waals surface area contributed by atoms with Gasteiger partial charge in [0.2, 0.25) is 0 Å². The molecular weight excluding hydrogens is 350 g/mol. The van der Waals surface area contributed by atoms with Crippen LogP contribution in [0.2, 0.25) is 0 Å². The number of hydrogen-bond acceptors (Lipinski definition) is 4. The fourth-order valence-electron chi connectivity index (χ4n) is 4.05. The molecule has 1 amide bonds. The highest BCUT2D eigenvalue weighted by Gasteiger charge is 2.22. The average Bonchev–Trinajstić information content (AvgIpc) is 2.94. The molecule has 1 N–H and O–H groups in total. The normalized spacial score (nSPS) is 15.9. The maximum atomic E-state index is 13.2. The number of nitrogens with one attached hydrogen (secondary N) is 1. The minimum Gasteiger partial charge on any atom is -0.349 e. The minimum absolute atomic E-state index is 0.0198. The molecule has 1 saturated heterocycles. The third-order valence-electron chi connectivity index (χ3n) is 5.78. The number of benzene rings is 1. The summed E-state index contributed by atoms with van der Waals surface area (Å²) in [6.45, 7) is 6.05. The number of aromatic nitrogens is 3. The summed E-state index contributed by atoms with van der Waals surface area (Å²) < 4.78 is 1.86. The topological polar surface area (TPSA) is 63.1 Å². The van der Waals surface area contributed by atoms with Crippen LogP contribution in [0, 0.1) is 13.8 Å². The molecule has 0 spiro atoms. The summed E-state index contributed by atoms with van der Waals surface area (Å²) in [5, 5.41) is 8.65. The summed E-state index contributed by atoms with van der Waals surface area (Å²) in [5.41, 5.74) is 5.28. The van der Waals surface area contributed by atoms with Crippen molar-refractivity contribution in [2.75, 3.05) is 20.1 Å². The number of amides is 1. The molecule has 2 aromatic heterocycles. The Balaban J connectivity index is 1.75. The van der Waals surface area contributed by atoms with Gasteiger partial charge in [-0.1, -0.05) is 18.2 Å². The van der Waals surface area contributed by atoms with E-state index in [1.165, 1.54) is 0 Å². The summed E-state index contributed by atoms with van der Waals surface area (Å²) in [4.78, 5) is 20.3. The number of pyridine rings is 1. The lowest BCUT2D eigenvalue weighted by atomic mass is 10.0. The Bertz CT molecular complexity index is 1030. The van der Waals surface area contributed by atoms with E-state index in [-0.39, 0.29) is 11.9 Å².